The first-order chi connectivity index (χ1) is 17.4. The minimum absolute atomic E-state index is 0.150. The third-order valence-corrected chi connectivity index (χ3v) is 7.94. The van der Waals surface area contributed by atoms with Crippen LogP contribution in [0.3, 0.4) is 0 Å². The number of nitrogens with one attached hydrogen (secondary N) is 2. The van der Waals surface area contributed by atoms with Gasteiger partial charge in [0.05, 0.1) is 5.52 Å². The highest BCUT2D eigenvalue weighted by Gasteiger charge is 2.24. The second kappa shape index (κ2) is 10.7. The molecule has 6 nitrogen and oxygen atoms in total. The van der Waals surface area contributed by atoms with Gasteiger partial charge in [-0.2, -0.15) is 5.10 Å². The summed E-state index contributed by atoms with van der Waals surface area (Å²) in [5, 5.41) is 11.3. The van der Waals surface area contributed by atoms with Gasteiger partial charge in [-0.3, -0.25) is 14.8 Å². The summed E-state index contributed by atoms with van der Waals surface area (Å²) in [5.41, 5.74) is 4.61. The molecule has 2 aromatic carbocycles. The fraction of sp³-hybridized carbons (Fsp3) is 0.517. The smallest absolute Gasteiger partial charge is 0.272 e. The summed E-state index contributed by atoms with van der Waals surface area (Å²) in [6.07, 6.45) is 5.58. The van der Waals surface area contributed by atoms with Crippen molar-refractivity contribution in [2.45, 2.75) is 71.5 Å². The van der Waals surface area contributed by atoms with E-state index >= 15 is 0 Å². The Morgan fingerprint density at radius 2 is 1.86 bits per heavy atom. The largest absolute Gasteiger partial charge is 0.348 e. The number of hydrogen-bond acceptors (Lipinski definition) is 4. The molecule has 2 aliphatic heterocycles. The van der Waals surface area contributed by atoms with Gasteiger partial charge in [-0.25, -0.2) is 4.39 Å². The Kier molecular flexibility index (Phi) is 7.39. The number of halogens is 1. The van der Waals surface area contributed by atoms with E-state index in [1.54, 1.807) is 6.07 Å². The summed E-state index contributed by atoms with van der Waals surface area (Å²) >= 11 is 0. The Balaban J connectivity index is 1.38. The van der Waals surface area contributed by atoms with Crippen molar-refractivity contribution in [3.8, 4) is 11.1 Å². The Labute approximate surface area is 213 Å². The number of aromatic amines is 1. The average Bonchev–Trinajstić information content (AvgIpc) is 3.30. The van der Waals surface area contributed by atoms with Gasteiger partial charge < -0.3 is 10.2 Å². The van der Waals surface area contributed by atoms with Crippen LogP contribution in [0.1, 0.15) is 67.6 Å². The summed E-state index contributed by atoms with van der Waals surface area (Å²) in [4.78, 5) is 18.0. The molecule has 36 heavy (non-hydrogen) atoms. The molecule has 0 atom stereocenters. The number of aromatic nitrogens is 2. The van der Waals surface area contributed by atoms with Crippen molar-refractivity contribution in [3.05, 3.63) is 53.0 Å². The van der Waals surface area contributed by atoms with Crippen molar-refractivity contribution in [2.75, 3.05) is 26.2 Å². The van der Waals surface area contributed by atoms with Crippen molar-refractivity contribution < 1.29 is 9.18 Å². The second-order valence-corrected chi connectivity index (χ2v) is 10.8. The molecule has 1 aromatic heterocycles. The molecule has 7 heteroatoms. The Morgan fingerprint density at radius 3 is 2.58 bits per heavy atom. The topological polar surface area (TPSA) is 64.3 Å². The molecule has 0 spiro atoms. The first-order valence-corrected chi connectivity index (χ1v) is 13.4. The van der Waals surface area contributed by atoms with E-state index in [1.807, 2.05) is 25.1 Å². The highest BCUT2D eigenvalue weighted by atomic mass is 19.1. The van der Waals surface area contributed by atoms with Gasteiger partial charge in [-0.1, -0.05) is 12.5 Å². The third-order valence-electron chi connectivity index (χ3n) is 7.94. The highest BCUT2D eigenvalue weighted by Crippen LogP contribution is 2.31. The maximum Gasteiger partial charge on any atom is 0.272 e. The molecule has 3 aromatic rings. The number of benzene rings is 2. The molecule has 0 saturated carbocycles. The lowest BCUT2D eigenvalue weighted by atomic mass is 9.95. The molecule has 2 saturated heterocycles. The number of fused-ring (bicyclic) bond motifs is 1. The summed E-state index contributed by atoms with van der Waals surface area (Å²) < 4.78 is 15.0. The fourth-order valence-electron chi connectivity index (χ4n) is 5.67. The zero-order valence-corrected chi connectivity index (χ0v) is 21.7. The SMILES string of the molecule is Cc1c(F)cc(CN2CCCCC2)cc1-c1ccc2[nH]nc(C(=O)NC3CCN(C(C)C)CC3)c2c1. The van der Waals surface area contributed by atoms with Gasteiger partial charge in [0, 0.05) is 37.1 Å². The lowest BCUT2D eigenvalue weighted by Crippen LogP contribution is -2.46. The third kappa shape index (κ3) is 5.32. The van der Waals surface area contributed by atoms with Crippen LogP contribution in [0.25, 0.3) is 22.0 Å². The van der Waals surface area contributed by atoms with Crippen LogP contribution in [0, 0.1) is 12.7 Å². The van der Waals surface area contributed by atoms with Gasteiger partial charge in [0.15, 0.2) is 5.69 Å². The van der Waals surface area contributed by atoms with E-state index < -0.39 is 0 Å². The number of hydrogen-bond donors (Lipinski definition) is 2. The van der Waals surface area contributed by atoms with Gasteiger partial charge in [0.25, 0.3) is 5.91 Å². The molecule has 1 amide bonds. The van der Waals surface area contributed by atoms with E-state index in [0.29, 0.717) is 17.3 Å². The summed E-state index contributed by atoms with van der Waals surface area (Å²) in [5.74, 6) is -0.333. The minimum atomic E-state index is -0.183. The van der Waals surface area contributed by atoms with Gasteiger partial charge in [-0.15, -0.1) is 0 Å². The lowest BCUT2D eigenvalue weighted by molar-refractivity contribution is 0.0897. The van der Waals surface area contributed by atoms with Crippen LogP contribution in [0.15, 0.2) is 30.3 Å². The average molecular weight is 492 g/mol. The van der Waals surface area contributed by atoms with Gasteiger partial charge in [0.2, 0.25) is 0 Å². The molecule has 2 aliphatic rings. The summed E-state index contributed by atoms with van der Waals surface area (Å²) in [6, 6.07) is 10.4. The minimum Gasteiger partial charge on any atom is -0.348 e. The monoisotopic (exact) mass is 491 g/mol. The number of H-pyrrole nitrogens is 1. The van der Waals surface area contributed by atoms with E-state index in [9.17, 15) is 9.18 Å². The Morgan fingerprint density at radius 1 is 1.11 bits per heavy atom. The number of amides is 1. The van der Waals surface area contributed by atoms with E-state index in [1.165, 1.54) is 19.3 Å². The molecule has 192 valence electrons. The lowest BCUT2D eigenvalue weighted by Gasteiger charge is -2.34. The molecular formula is C29H38FN5O. The van der Waals surface area contributed by atoms with E-state index in [4.69, 9.17) is 0 Å². The van der Waals surface area contributed by atoms with Crippen molar-refractivity contribution in [3.63, 3.8) is 0 Å². The van der Waals surface area contributed by atoms with Crippen LogP contribution in [0.2, 0.25) is 0 Å². The predicted molar refractivity (Wildman–Crippen MR) is 143 cm³/mol. The Hall–Kier alpha value is -2.77. The van der Waals surface area contributed by atoms with Crippen LogP contribution in [-0.4, -0.2) is 64.2 Å². The van der Waals surface area contributed by atoms with Crippen LogP contribution in [-0.2, 0) is 6.54 Å². The quantitative estimate of drug-likeness (QED) is 0.493. The zero-order chi connectivity index (χ0) is 25.2. The van der Waals surface area contributed by atoms with Crippen molar-refractivity contribution in [1.82, 2.24) is 25.3 Å². The molecule has 0 unspecified atom stereocenters. The van der Waals surface area contributed by atoms with E-state index in [-0.39, 0.29) is 17.8 Å². The number of rotatable bonds is 6. The molecule has 0 bridgehead atoms. The molecule has 3 heterocycles. The number of carbonyl (C=O) groups excluding carboxylic acids is 1. The maximum absolute atomic E-state index is 15.0. The van der Waals surface area contributed by atoms with Gasteiger partial charge >= 0.3 is 0 Å². The number of carbonyl (C=O) groups is 1. The highest BCUT2D eigenvalue weighted by molar-refractivity contribution is 6.05. The van der Waals surface area contributed by atoms with Gasteiger partial charge in [0.1, 0.15) is 5.82 Å². The van der Waals surface area contributed by atoms with Gasteiger partial charge in [-0.05, 0) is 106 Å². The summed E-state index contributed by atoms with van der Waals surface area (Å²) in [6.45, 7) is 11.1. The van der Waals surface area contributed by atoms with Crippen molar-refractivity contribution >= 4 is 16.8 Å². The molecule has 0 radical (unpaired) electrons. The van der Waals surface area contributed by atoms with Crippen molar-refractivity contribution in [1.29, 1.82) is 0 Å². The van der Waals surface area contributed by atoms with Crippen LogP contribution in [0.5, 0.6) is 0 Å². The summed E-state index contributed by atoms with van der Waals surface area (Å²) in [7, 11) is 0. The first kappa shape index (κ1) is 24.9. The maximum atomic E-state index is 15.0. The second-order valence-electron chi connectivity index (χ2n) is 10.8. The van der Waals surface area contributed by atoms with E-state index in [2.05, 4.69) is 45.2 Å². The Bertz CT molecular complexity index is 1220. The van der Waals surface area contributed by atoms with Crippen LogP contribution >= 0.6 is 0 Å². The van der Waals surface area contributed by atoms with Crippen LogP contribution < -0.4 is 5.32 Å². The normalized spacial score (nSPS) is 18.2. The van der Waals surface area contributed by atoms with E-state index in [0.717, 1.165) is 73.2 Å². The molecular weight excluding hydrogens is 453 g/mol. The molecule has 2 fully saturated rings. The standard InChI is InChI=1S/C29H38FN5O/c1-19(2)35-13-9-23(10-14-35)31-29(36)28-25-17-22(7-8-27(25)32-33-28)24-15-21(16-26(30)20(24)3)18-34-11-5-4-6-12-34/h7-8,15-17,19,23H,4-6,9-14,18H2,1-3H3,(H,31,36)(H,32,33). The molecule has 2 N–H and O–H groups in total. The fourth-order valence-corrected chi connectivity index (χ4v) is 5.67. The molecule has 5 rings (SSSR count). The number of nitrogens with zero attached hydrogens (tertiary/aromatic N) is 3. The van der Waals surface area contributed by atoms with Crippen molar-refractivity contribution in [2.24, 2.45) is 0 Å². The first-order valence-electron chi connectivity index (χ1n) is 13.4. The van der Waals surface area contributed by atoms with Crippen LogP contribution in [0.4, 0.5) is 4.39 Å². The molecule has 0 aliphatic carbocycles. The number of piperidine rings is 2. The number of likely N-dealkylation sites (tertiary alicyclic amines) is 2. The zero-order valence-electron chi connectivity index (χ0n) is 21.7. The predicted octanol–water partition coefficient (Wildman–Crippen LogP) is 5.27.